The van der Waals surface area contributed by atoms with Crippen molar-refractivity contribution < 1.29 is 18.4 Å². The van der Waals surface area contributed by atoms with Crippen LogP contribution in [-0.4, -0.2) is 12.2 Å². The minimum atomic E-state index is -0.454. The van der Waals surface area contributed by atoms with Gasteiger partial charge < -0.3 is 9.73 Å². The Bertz CT molecular complexity index is 660. The van der Waals surface area contributed by atoms with E-state index in [9.17, 15) is 14.0 Å². The number of halogens is 1. The Morgan fingerprint density at radius 2 is 2.17 bits per heavy atom. The van der Waals surface area contributed by atoms with Crippen LogP contribution in [-0.2, 0) is 6.54 Å². The second-order valence-electron chi connectivity index (χ2n) is 3.99. The molecule has 0 fully saturated rings. The summed E-state index contributed by atoms with van der Waals surface area (Å²) in [5, 5.41) is 2.56. The summed E-state index contributed by atoms with van der Waals surface area (Å²) < 4.78 is 19.0. The number of aldehydes is 1. The normalized spacial score (nSPS) is 13.3. The Morgan fingerprint density at radius 3 is 2.89 bits per heavy atom. The van der Waals surface area contributed by atoms with Crippen LogP contribution < -0.4 is 5.32 Å². The van der Waals surface area contributed by atoms with Gasteiger partial charge in [-0.3, -0.25) is 9.59 Å². The van der Waals surface area contributed by atoms with Gasteiger partial charge in [0.2, 0.25) is 0 Å². The number of fused-ring (bicyclic) bond motifs is 1. The molecule has 0 spiro atoms. The van der Waals surface area contributed by atoms with Gasteiger partial charge in [0.05, 0.1) is 0 Å². The highest BCUT2D eigenvalue weighted by Crippen LogP contribution is 2.28. The standard InChI is InChI=1S/C13H8FNO3/c14-11-4-7(12-2-1-8(6-16)18-12)3-9-10(11)5-15-13(9)17/h1-4,6H,5H2,(H,15,17). The van der Waals surface area contributed by atoms with Crippen LogP contribution in [0, 0.1) is 5.82 Å². The van der Waals surface area contributed by atoms with Gasteiger partial charge in [-0.2, -0.15) is 0 Å². The Balaban J connectivity index is 2.14. The number of amides is 1. The molecular weight excluding hydrogens is 237 g/mol. The summed E-state index contributed by atoms with van der Waals surface area (Å²) in [5.74, 6) is -0.230. The second kappa shape index (κ2) is 3.80. The Labute approximate surface area is 101 Å². The van der Waals surface area contributed by atoms with E-state index in [4.69, 9.17) is 4.42 Å². The maximum Gasteiger partial charge on any atom is 0.252 e. The minimum Gasteiger partial charge on any atom is -0.453 e. The van der Waals surface area contributed by atoms with Gasteiger partial charge >= 0.3 is 0 Å². The van der Waals surface area contributed by atoms with Crippen molar-refractivity contribution in [2.75, 3.05) is 0 Å². The Hall–Kier alpha value is -2.43. The minimum absolute atomic E-state index is 0.162. The topological polar surface area (TPSA) is 59.3 Å². The number of nitrogens with one attached hydrogen (secondary N) is 1. The summed E-state index contributed by atoms with van der Waals surface area (Å²) in [6.07, 6.45) is 0.569. The van der Waals surface area contributed by atoms with Crippen molar-refractivity contribution in [1.29, 1.82) is 0 Å². The van der Waals surface area contributed by atoms with Crippen LogP contribution in [0.3, 0.4) is 0 Å². The molecule has 0 atom stereocenters. The fourth-order valence-corrected chi connectivity index (χ4v) is 2.00. The van der Waals surface area contributed by atoms with E-state index < -0.39 is 5.82 Å². The number of benzene rings is 1. The first-order valence-corrected chi connectivity index (χ1v) is 5.35. The first-order valence-electron chi connectivity index (χ1n) is 5.35. The van der Waals surface area contributed by atoms with Gasteiger partial charge in [0.15, 0.2) is 12.0 Å². The third kappa shape index (κ3) is 1.52. The summed E-state index contributed by atoms with van der Waals surface area (Å²) in [7, 11) is 0. The average molecular weight is 245 g/mol. The molecule has 0 unspecified atom stereocenters. The third-order valence-corrected chi connectivity index (χ3v) is 2.89. The average Bonchev–Trinajstić information content (AvgIpc) is 2.97. The predicted molar refractivity (Wildman–Crippen MR) is 60.7 cm³/mol. The molecule has 1 aromatic heterocycles. The molecule has 0 radical (unpaired) electrons. The zero-order valence-electron chi connectivity index (χ0n) is 9.20. The number of carbonyl (C=O) groups is 2. The van der Waals surface area contributed by atoms with Gasteiger partial charge in [-0.05, 0) is 24.3 Å². The van der Waals surface area contributed by atoms with Crippen molar-refractivity contribution in [3.05, 3.63) is 47.0 Å². The summed E-state index contributed by atoms with van der Waals surface area (Å²) in [6, 6.07) is 5.92. The lowest BCUT2D eigenvalue weighted by atomic mass is 10.0. The molecule has 3 rings (SSSR count). The van der Waals surface area contributed by atoms with E-state index in [1.54, 1.807) is 12.1 Å². The highest BCUT2D eigenvalue weighted by atomic mass is 19.1. The lowest BCUT2D eigenvalue weighted by Crippen LogP contribution is -2.12. The van der Waals surface area contributed by atoms with Gasteiger partial charge in [-0.25, -0.2) is 4.39 Å². The molecule has 18 heavy (non-hydrogen) atoms. The fourth-order valence-electron chi connectivity index (χ4n) is 2.00. The number of carbonyl (C=O) groups excluding carboxylic acids is 2. The van der Waals surface area contributed by atoms with Gasteiger partial charge in [0, 0.05) is 23.2 Å². The molecule has 0 aliphatic carbocycles. The van der Waals surface area contributed by atoms with E-state index in [0.717, 1.165) is 0 Å². The van der Waals surface area contributed by atoms with Crippen LogP contribution in [0.5, 0.6) is 0 Å². The van der Waals surface area contributed by atoms with Crippen LogP contribution in [0.15, 0.2) is 28.7 Å². The smallest absolute Gasteiger partial charge is 0.252 e. The lowest BCUT2D eigenvalue weighted by molar-refractivity contribution is 0.0965. The van der Waals surface area contributed by atoms with Gasteiger partial charge in [0.1, 0.15) is 11.6 Å². The van der Waals surface area contributed by atoms with Crippen LogP contribution in [0.2, 0.25) is 0 Å². The van der Waals surface area contributed by atoms with Crippen molar-refractivity contribution >= 4 is 12.2 Å². The van der Waals surface area contributed by atoms with Gasteiger partial charge in [0.25, 0.3) is 5.91 Å². The van der Waals surface area contributed by atoms with E-state index in [0.29, 0.717) is 28.7 Å². The van der Waals surface area contributed by atoms with Crippen molar-refractivity contribution in [3.63, 3.8) is 0 Å². The molecule has 90 valence electrons. The molecule has 0 bridgehead atoms. The summed E-state index contributed by atoms with van der Waals surface area (Å²) in [5.41, 5.74) is 1.12. The summed E-state index contributed by atoms with van der Waals surface area (Å²) >= 11 is 0. The van der Waals surface area contributed by atoms with Crippen LogP contribution >= 0.6 is 0 Å². The number of hydrogen-bond donors (Lipinski definition) is 1. The molecule has 2 heterocycles. The maximum atomic E-state index is 13.8. The molecule has 1 aliphatic rings. The molecular formula is C13H8FNO3. The van der Waals surface area contributed by atoms with Crippen LogP contribution in [0.4, 0.5) is 4.39 Å². The number of rotatable bonds is 2. The predicted octanol–water partition coefficient (Wildman–Crippen LogP) is 2.14. The lowest BCUT2D eigenvalue weighted by Gasteiger charge is -2.02. The largest absolute Gasteiger partial charge is 0.453 e. The summed E-state index contributed by atoms with van der Waals surface area (Å²) in [4.78, 5) is 22.0. The van der Waals surface area contributed by atoms with E-state index >= 15 is 0 Å². The quantitative estimate of drug-likeness (QED) is 0.824. The Kier molecular flexibility index (Phi) is 2.26. The first kappa shape index (κ1) is 10.7. The van der Waals surface area contributed by atoms with Crippen molar-refractivity contribution in [2.24, 2.45) is 0 Å². The van der Waals surface area contributed by atoms with Crippen LogP contribution in [0.25, 0.3) is 11.3 Å². The molecule has 1 N–H and O–H groups in total. The van der Waals surface area contributed by atoms with Crippen LogP contribution in [0.1, 0.15) is 26.5 Å². The van der Waals surface area contributed by atoms with Gasteiger partial charge in [-0.1, -0.05) is 0 Å². The van der Waals surface area contributed by atoms with E-state index in [1.807, 2.05) is 0 Å². The molecule has 4 nitrogen and oxygen atoms in total. The molecule has 0 saturated carbocycles. The molecule has 0 saturated heterocycles. The highest BCUT2D eigenvalue weighted by Gasteiger charge is 2.23. The van der Waals surface area contributed by atoms with Gasteiger partial charge in [-0.15, -0.1) is 0 Å². The molecule has 1 aliphatic heterocycles. The highest BCUT2D eigenvalue weighted by molar-refractivity contribution is 5.99. The number of hydrogen-bond acceptors (Lipinski definition) is 3. The molecule has 2 aromatic rings. The van der Waals surface area contributed by atoms with E-state index in [1.165, 1.54) is 12.1 Å². The molecule has 1 amide bonds. The first-order chi connectivity index (χ1) is 8.69. The second-order valence-corrected chi connectivity index (χ2v) is 3.99. The molecule has 5 heteroatoms. The van der Waals surface area contributed by atoms with Crippen molar-refractivity contribution in [3.8, 4) is 11.3 Å². The zero-order valence-corrected chi connectivity index (χ0v) is 9.20. The Morgan fingerprint density at radius 1 is 1.33 bits per heavy atom. The molecule has 1 aromatic carbocycles. The van der Waals surface area contributed by atoms with Crippen molar-refractivity contribution in [1.82, 2.24) is 5.32 Å². The third-order valence-electron chi connectivity index (χ3n) is 2.89. The number of furan rings is 1. The zero-order chi connectivity index (χ0) is 12.7. The summed E-state index contributed by atoms with van der Waals surface area (Å²) in [6.45, 7) is 0.206. The van der Waals surface area contributed by atoms with E-state index in [-0.39, 0.29) is 18.2 Å². The monoisotopic (exact) mass is 245 g/mol. The van der Waals surface area contributed by atoms with E-state index in [2.05, 4.69) is 5.32 Å². The fraction of sp³-hybridized carbons (Fsp3) is 0.0769. The maximum absolute atomic E-state index is 13.8. The SMILES string of the molecule is O=Cc1ccc(-c2cc(F)c3c(c2)C(=O)NC3)o1. The van der Waals surface area contributed by atoms with Crippen molar-refractivity contribution in [2.45, 2.75) is 6.54 Å².